The van der Waals surface area contributed by atoms with Crippen molar-refractivity contribution < 1.29 is 9.59 Å². The zero-order valence-electron chi connectivity index (χ0n) is 15.1. The molecule has 1 aliphatic rings. The Kier molecular flexibility index (Phi) is 5.05. The first-order valence-corrected chi connectivity index (χ1v) is 8.95. The number of nitrogens with zero attached hydrogens (tertiary/aromatic N) is 6. The smallest absolute Gasteiger partial charge is 0.225 e. The number of nitrogens with one attached hydrogen (secondary N) is 1. The third kappa shape index (κ3) is 3.88. The molecule has 0 spiro atoms. The highest BCUT2D eigenvalue weighted by Gasteiger charge is 2.34. The molecule has 0 bridgehead atoms. The maximum Gasteiger partial charge on any atom is 0.225 e. The number of pyridine rings is 2. The monoisotopic (exact) mass is 377 g/mol. The number of carbonyl (C=O) groups excluding carboxylic acids is 2. The zero-order chi connectivity index (χ0) is 19.3. The van der Waals surface area contributed by atoms with Crippen molar-refractivity contribution in [2.75, 3.05) is 6.54 Å². The van der Waals surface area contributed by atoms with Gasteiger partial charge in [0.15, 0.2) is 5.82 Å². The average Bonchev–Trinajstić information content (AvgIpc) is 3.38. The van der Waals surface area contributed by atoms with Crippen molar-refractivity contribution in [1.29, 1.82) is 0 Å². The Bertz CT molecular complexity index is 959. The minimum Gasteiger partial charge on any atom is -0.352 e. The molecule has 0 unspecified atom stereocenters. The van der Waals surface area contributed by atoms with Crippen LogP contribution in [0.15, 0.2) is 55.4 Å². The van der Waals surface area contributed by atoms with E-state index < -0.39 is 0 Å². The maximum atomic E-state index is 12.6. The van der Waals surface area contributed by atoms with Crippen molar-refractivity contribution in [2.45, 2.75) is 19.5 Å². The van der Waals surface area contributed by atoms with E-state index >= 15 is 0 Å². The van der Waals surface area contributed by atoms with Gasteiger partial charge in [0.05, 0.1) is 18.2 Å². The molecule has 1 aliphatic heterocycles. The van der Waals surface area contributed by atoms with Crippen molar-refractivity contribution in [3.63, 3.8) is 0 Å². The summed E-state index contributed by atoms with van der Waals surface area (Å²) < 4.78 is 1.55. The molecule has 1 saturated heterocycles. The Balaban J connectivity index is 1.37. The minimum atomic E-state index is -0.372. The Morgan fingerprint density at radius 3 is 2.86 bits per heavy atom. The Morgan fingerprint density at radius 1 is 1.18 bits per heavy atom. The van der Waals surface area contributed by atoms with Crippen LogP contribution in [0, 0.1) is 5.92 Å². The first-order valence-electron chi connectivity index (χ1n) is 8.95. The molecule has 1 N–H and O–H groups in total. The summed E-state index contributed by atoms with van der Waals surface area (Å²) in [4.78, 5) is 39.0. The van der Waals surface area contributed by atoms with E-state index in [0.29, 0.717) is 25.5 Å². The van der Waals surface area contributed by atoms with Crippen LogP contribution in [0.5, 0.6) is 0 Å². The lowest BCUT2D eigenvalue weighted by atomic mass is 10.1. The minimum absolute atomic E-state index is 0.0320. The van der Waals surface area contributed by atoms with Gasteiger partial charge in [0.25, 0.3) is 0 Å². The lowest BCUT2D eigenvalue weighted by Gasteiger charge is -2.16. The van der Waals surface area contributed by atoms with Crippen LogP contribution in [0.1, 0.15) is 17.7 Å². The van der Waals surface area contributed by atoms with Gasteiger partial charge in [0, 0.05) is 37.5 Å². The first-order chi connectivity index (χ1) is 13.7. The normalized spacial score (nSPS) is 16.4. The molecule has 1 atom stereocenters. The third-order valence-corrected chi connectivity index (χ3v) is 4.62. The van der Waals surface area contributed by atoms with Gasteiger partial charge in [-0.05, 0) is 18.2 Å². The number of amides is 2. The number of rotatable bonds is 6. The summed E-state index contributed by atoms with van der Waals surface area (Å²) in [5.74, 6) is 0.0584. The topological polar surface area (TPSA) is 106 Å². The van der Waals surface area contributed by atoms with Crippen molar-refractivity contribution in [3.05, 3.63) is 66.6 Å². The molecule has 9 nitrogen and oxygen atoms in total. The summed E-state index contributed by atoms with van der Waals surface area (Å²) in [6, 6.07) is 9.26. The number of carbonyl (C=O) groups is 2. The van der Waals surface area contributed by atoms with Gasteiger partial charge in [-0.15, -0.1) is 0 Å². The fourth-order valence-electron chi connectivity index (χ4n) is 3.21. The summed E-state index contributed by atoms with van der Waals surface area (Å²) in [6.45, 7) is 1.11. The molecule has 3 aromatic heterocycles. The van der Waals surface area contributed by atoms with Gasteiger partial charge in [0.1, 0.15) is 12.7 Å². The Morgan fingerprint density at radius 2 is 2.07 bits per heavy atom. The molecule has 0 aromatic carbocycles. The summed E-state index contributed by atoms with van der Waals surface area (Å²) in [6.07, 6.45) is 6.55. The zero-order valence-corrected chi connectivity index (χ0v) is 15.1. The summed E-state index contributed by atoms with van der Waals surface area (Å²) >= 11 is 0. The van der Waals surface area contributed by atoms with Gasteiger partial charge in [-0.25, -0.2) is 14.6 Å². The van der Waals surface area contributed by atoms with Crippen molar-refractivity contribution in [2.24, 2.45) is 5.92 Å². The molecule has 9 heteroatoms. The van der Waals surface area contributed by atoms with Crippen LogP contribution in [-0.2, 0) is 22.7 Å². The van der Waals surface area contributed by atoms with Crippen LogP contribution < -0.4 is 5.32 Å². The van der Waals surface area contributed by atoms with Crippen molar-refractivity contribution in [1.82, 2.24) is 34.9 Å². The van der Waals surface area contributed by atoms with E-state index in [2.05, 4.69) is 25.4 Å². The molecule has 0 saturated carbocycles. The summed E-state index contributed by atoms with van der Waals surface area (Å²) in [5, 5.41) is 7.00. The number of hydrogen-bond donors (Lipinski definition) is 1. The van der Waals surface area contributed by atoms with E-state index in [9.17, 15) is 9.59 Å². The first kappa shape index (κ1) is 17.8. The molecule has 1 fully saturated rings. The molecule has 28 heavy (non-hydrogen) atoms. The molecule has 0 aliphatic carbocycles. The van der Waals surface area contributed by atoms with Crippen LogP contribution in [0.4, 0.5) is 0 Å². The predicted molar refractivity (Wildman–Crippen MR) is 98.8 cm³/mol. The summed E-state index contributed by atoms with van der Waals surface area (Å²) in [5.41, 5.74) is 1.63. The van der Waals surface area contributed by atoms with Crippen molar-refractivity contribution in [3.8, 4) is 5.82 Å². The quantitative estimate of drug-likeness (QED) is 0.679. The maximum absolute atomic E-state index is 12.6. The Hall–Kier alpha value is -3.62. The second-order valence-corrected chi connectivity index (χ2v) is 6.54. The molecule has 2 amide bonds. The van der Waals surface area contributed by atoms with Gasteiger partial charge >= 0.3 is 0 Å². The fourth-order valence-corrected chi connectivity index (χ4v) is 3.21. The number of hydrogen-bond acceptors (Lipinski definition) is 6. The Labute approximate surface area is 161 Å². The standard InChI is InChI=1S/C19H19N7O2/c27-17-8-15(10-25(17)11-16-5-1-2-6-21-16)19(28)23-9-14-4-3-7-22-18(14)26-13-20-12-24-26/h1-7,12-13,15H,8-11H2,(H,23,28)/t15-/m1/s1. The molecular weight excluding hydrogens is 358 g/mol. The number of likely N-dealkylation sites (tertiary alicyclic amines) is 1. The van der Waals surface area contributed by atoms with Crippen molar-refractivity contribution >= 4 is 11.8 Å². The SMILES string of the molecule is O=C(NCc1cccnc1-n1cncn1)[C@@H]1CC(=O)N(Cc2ccccn2)C1. The molecule has 3 aromatic rings. The number of aromatic nitrogens is 5. The largest absolute Gasteiger partial charge is 0.352 e. The van der Waals surface area contributed by atoms with E-state index in [1.807, 2.05) is 24.3 Å². The van der Waals surface area contributed by atoms with Gasteiger partial charge in [-0.3, -0.25) is 14.6 Å². The van der Waals surface area contributed by atoms with Crippen LogP contribution in [-0.4, -0.2) is 48.0 Å². The van der Waals surface area contributed by atoms with Gasteiger partial charge in [0.2, 0.25) is 11.8 Å². The highest BCUT2D eigenvalue weighted by atomic mass is 16.2. The van der Waals surface area contributed by atoms with Crippen LogP contribution in [0.3, 0.4) is 0 Å². The van der Waals surface area contributed by atoms with E-state index in [1.54, 1.807) is 34.4 Å². The molecule has 142 valence electrons. The highest BCUT2D eigenvalue weighted by molar-refractivity contribution is 5.89. The van der Waals surface area contributed by atoms with E-state index in [1.165, 1.54) is 6.33 Å². The highest BCUT2D eigenvalue weighted by Crippen LogP contribution is 2.20. The van der Waals surface area contributed by atoms with E-state index in [-0.39, 0.29) is 24.2 Å². The second-order valence-electron chi connectivity index (χ2n) is 6.54. The lowest BCUT2D eigenvalue weighted by Crippen LogP contribution is -2.33. The fraction of sp³-hybridized carbons (Fsp3) is 0.263. The van der Waals surface area contributed by atoms with Crippen LogP contribution >= 0.6 is 0 Å². The third-order valence-electron chi connectivity index (χ3n) is 4.62. The van der Waals surface area contributed by atoms with Gasteiger partial charge in [-0.2, -0.15) is 5.10 Å². The molecule has 0 radical (unpaired) electrons. The molecule has 4 heterocycles. The summed E-state index contributed by atoms with van der Waals surface area (Å²) in [7, 11) is 0. The predicted octanol–water partition coefficient (Wildman–Crippen LogP) is 0.722. The molecular formula is C19H19N7O2. The van der Waals surface area contributed by atoms with E-state index in [0.717, 1.165) is 11.3 Å². The van der Waals surface area contributed by atoms with Gasteiger partial charge < -0.3 is 10.2 Å². The molecule has 4 rings (SSSR count). The van der Waals surface area contributed by atoms with Crippen LogP contribution in [0.25, 0.3) is 5.82 Å². The van der Waals surface area contributed by atoms with Gasteiger partial charge in [-0.1, -0.05) is 12.1 Å². The second kappa shape index (κ2) is 7.95. The van der Waals surface area contributed by atoms with E-state index in [4.69, 9.17) is 0 Å². The lowest BCUT2D eigenvalue weighted by molar-refractivity contribution is -0.129. The van der Waals surface area contributed by atoms with Crippen LogP contribution in [0.2, 0.25) is 0 Å². The average molecular weight is 377 g/mol.